The van der Waals surface area contributed by atoms with E-state index in [2.05, 4.69) is 30.4 Å². The van der Waals surface area contributed by atoms with E-state index in [1.165, 1.54) is 36.9 Å². The van der Waals surface area contributed by atoms with Crippen LogP contribution in [0, 0.1) is 0 Å². The van der Waals surface area contributed by atoms with Crippen LogP contribution in [-0.2, 0) is 22.1 Å². The molecule has 176 valence electrons. The number of thioether (sulfide) groups is 1. The first-order valence-corrected chi connectivity index (χ1v) is 13.6. The van der Waals surface area contributed by atoms with E-state index >= 15 is 0 Å². The molecule has 10 heteroatoms. The Kier molecular flexibility index (Phi) is 14.8. The number of ether oxygens (including phenoxy) is 2. The number of hydrogen-bond donors (Lipinski definition) is 0. The minimum atomic E-state index is -0.379. The molecule has 2 heterocycles. The van der Waals surface area contributed by atoms with E-state index in [0.717, 1.165) is 41.5 Å². The second-order valence-corrected chi connectivity index (χ2v) is 10.5. The summed E-state index contributed by atoms with van der Waals surface area (Å²) in [5.74, 6) is 1.17. The standard InChI is InChI=1S/C12H12O2S2.C10H7ClO2S.C2H6S.Na/c1-3-15-10-8-6-4-5-7-9(8)16-11(10)12(13)14-2;1-13-10(12)9-8(11)6-4-2-3-5-7(6)14-9;1-2-3;/h4-7H,3H2,1-2H3;2-5H,1H3;3H,2H2,1H3;/q;;;+1/p-1. The number of benzene rings is 2. The Morgan fingerprint density at radius 1 is 0.882 bits per heavy atom. The molecule has 0 atom stereocenters. The van der Waals surface area contributed by atoms with Crippen molar-refractivity contribution in [2.24, 2.45) is 0 Å². The smallest absolute Gasteiger partial charge is 0.793 e. The van der Waals surface area contributed by atoms with E-state index in [1.54, 1.807) is 11.8 Å². The molecule has 0 N–H and O–H groups in total. The van der Waals surface area contributed by atoms with Crippen LogP contribution in [0.15, 0.2) is 53.4 Å². The molecule has 0 aliphatic heterocycles. The zero-order valence-electron chi connectivity index (χ0n) is 19.7. The number of rotatable bonds is 4. The number of carbonyl (C=O) groups is 2. The summed E-state index contributed by atoms with van der Waals surface area (Å²) in [4.78, 5) is 25.2. The molecule has 0 bridgehead atoms. The van der Waals surface area contributed by atoms with Gasteiger partial charge in [-0.25, -0.2) is 9.59 Å². The molecule has 0 radical (unpaired) electrons. The fourth-order valence-electron chi connectivity index (χ4n) is 2.77. The molecular formula is C24H24ClNaO4S4. The van der Waals surface area contributed by atoms with Gasteiger partial charge >= 0.3 is 41.5 Å². The van der Waals surface area contributed by atoms with Crippen molar-refractivity contribution < 1.29 is 48.6 Å². The molecule has 0 fully saturated rings. The van der Waals surface area contributed by atoms with Gasteiger partial charge in [0.1, 0.15) is 9.75 Å². The van der Waals surface area contributed by atoms with Gasteiger partial charge in [-0.05, 0) is 17.9 Å². The summed E-state index contributed by atoms with van der Waals surface area (Å²) >= 11 is 15.0. The molecule has 34 heavy (non-hydrogen) atoms. The average molecular weight is 563 g/mol. The number of methoxy groups -OCH3 is 2. The van der Waals surface area contributed by atoms with Crippen LogP contribution in [-0.4, -0.2) is 37.7 Å². The molecule has 0 saturated carbocycles. The maximum Gasteiger partial charge on any atom is 1.00 e. The van der Waals surface area contributed by atoms with Crippen molar-refractivity contribution in [1.82, 2.24) is 0 Å². The van der Waals surface area contributed by atoms with E-state index in [0.29, 0.717) is 9.90 Å². The van der Waals surface area contributed by atoms with Crippen molar-refractivity contribution in [2.75, 3.05) is 25.7 Å². The van der Waals surface area contributed by atoms with Gasteiger partial charge in [-0.2, -0.15) is 5.75 Å². The summed E-state index contributed by atoms with van der Waals surface area (Å²) in [5.41, 5.74) is 0. The predicted octanol–water partition coefficient (Wildman–Crippen LogP) is 4.70. The van der Waals surface area contributed by atoms with Crippen molar-refractivity contribution in [3.63, 3.8) is 0 Å². The molecule has 2 aromatic carbocycles. The van der Waals surface area contributed by atoms with Crippen molar-refractivity contribution in [3.8, 4) is 0 Å². The van der Waals surface area contributed by atoms with Gasteiger partial charge in [0.05, 0.1) is 19.2 Å². The molecule has 0 amide bonds. The van der Waals surface area contributed by atoms with Crippen molar-refractivity contribution in [2.45, 2.75) is 18.7 Å². The van der Waals surface area contributed by atoms with Gasteiger partial charge in [0.15, 0.2) is 0 Å². The molecule has 0 unspecified atom stereocenters. The topological polar surface area (TPSA) is 52.6 Å². The summed E-state index contributed by atoms with van der Waals surface area (Å²) in [6.45, 7) is 4.02. The summed E-state index contributed by atoms with van der Waals surface area (Å²) in [6, 6.07) is 15.7. The zero-order valence-corrected chi connectivity index (χ0v) is 25.7. The Morgan fingerprint density at radius 3 is 1.82 bits per heavy atom. The molecule has 4 aromatic rings. The van der Waals surface area contributed by atoms with Crippen LogP contribution in [0.5, 0.6) is 0 Å². The van der Waals surface area contributed by atoms with Crippen LogP contribution in [0.2, 0.25) is 5.02 Å². The number of halogens is 1. The Balaban J connectivity index is 0.000000299. The monoisotopic (exact) mass is 562 g/mol. The summed E-state index contributed by atoms with van der Waals surface area (Å²) in [5, 5.41) is 2.54. The minimum absolute atomic E-state index is 0. The van der Waals surface area contributed by atoms with Crippen LogP contribution in [0.4, 0.5) is 0 Å². The first-order chi connectivity index (χ1) is 15.9. The van der Waals surface area contributed by atoms with Gasteiger partial charge in [-0.1, -0.05) is 61.8 Å². The van der Waals surface area contributed by atoms with Crippen molar-refractivity contribution >= 4 is 90.8 Å². The summed E-state index contributed by atoms with van der Waals surface area (Å²) in [6.07, 6.45) is 0. The SMILES string of the molecule is CCSc1c(C(=O)OC)sc2ccccc12.CC[S-].COC(=O)c1sc2ccccc2c1Cl.[Na+]. The van der Waals surface area contributed by atoms with Crippen molar-refractivity contribution in [1.29, 1.82) is 0 Å². The number of carbonyl (C=O) groups excluding carboxylic acids is 2. The Morgan fingerprint density at radius 2 is 1.32 bits per heavy atom. The summed E-state index contributed by atoms with van der Waals surface area (Å²) < 4.78 is 11.6. The van der Waals surface area contributed by atoms with Gasteiger partial charge < -0.3 is 22.1 Å². The predicted molar refractivity (Wildman–Crippen MR) is 146 cm³/mol. The maximum absolute atomic E-state index is 11.7. The van der Waals surface area contributed by atoms with Gasteiger partial charge in [-0.15, -0.1) is 34.4 Å². The number of thiophene rings is 2. The third kappa shape index (κ3) is 7.90. The number of esters is 2. The third-order valence-electron chi connectivity index (χ3n) is 4.12. The number of hydrogen-bond acceptors (Lipinski definition) is 8. The van der Waals surface area contributed by atoms with Crippen LogP contribution in [0.3, 0.4) is 0 Å². The molecule has 0 saturated heterocycles. The second-order valence-electron chi connectivity index (χ2n) is 6.20. The summed E-state index contributed by atoms with van der Waals surface area (Å²) in [7, 11) is 2.77. The Labute approximate surface area is 245 Å². The van der Waals surface area contributed by atoms with Gasteiger partial charge in [0, 0.05) is 25.1 Å². The van der Waals surface area contributed by atoms with Crippen LogP contribution >= 0.6 is 46.0 Å². The second kappa shape index (κ2) is 16.1. The maximum atomic E-state index is 11.7. The molecular weight excluding hydrogens is 539 g/mol. The molecule has 0 aliphatic rings. The largest absolute Gasteiger partial charge is 1.00 e. The first kappa shape index (κ1) is 31.3. The number of fused-ring (bicyclic) bond motifs is 2. The molecule has 4 rings (SSSR count). The fourth-order valence-corrected chi connectivity index (χ4v) is 6.42. The normalized spacial score (nSPS) is 9.82. The molecule has 0 spiro atoms. The molecule has 2 aromatic heterocycles. The van der Waals surface area contributed by atoms with Gasteiger partial charge in [-0.3, -0.25) is 0 Å². The van der Waals surface area contributed by atoms with E-state index in [4.69, 9.17) is 16.3 Å². The van der Waals surface area contributed by atoms with Crippen LogP contribution < -0.4 is 29.6 Å². The Bertz CT molecular complexity index is 1220. The van der Waals surface area contributed by atoms with Gasteiger partial charge in [0.2, 0.25) is 0 Å². The minimum Gasteiger partial charge on any atom is -0.793 e. The van der Waals surface area contributed by atoms with E-state index in [-0.39, 0.29) is 41.5 Å². The van der Waals surface area contributed by atoms with Crippen molar-refractivity contribution in [3.05, 3.63) is 63.3 Å². The van der Waals surface area contributed by atoms with E-state index < -0.39 is 0 Å². The fraction of sp³-hybridized carbons (Fsp3) is 0.250. The Hall–Kier alpha value is -0.710. The zero-order chi connectivity index (χ0) is 24.4. The van der Waals surface area contributed by atoms with E-state index in [9.17, 15) is 9.59 Å². The average Bonchev–Trinajstić information content (AvgIpc) is 3.37. The van der Waals surface area contributed by atoms with Gasteiger partial charge in [0.25, 0.3) is 0 Å². The molecule has 4 nitrogen and oxygen atoms in total. The van der Waals surface area contributed by atoms with Crippen LogP contribution in [0.1, 0.15) is 33.2 Å². The van der Waals surface area contributed by atoms with Crippen LogP contribution in [0.25, 0.3) is 20.2 Å². The molecule has 0 aliphatic carbocycles. The first-order valence-electron chi connectivity index (χ1n) is 9.99. The third-order valence-corrected chi connectivity index (χ3v) is 8.05. The quantitative estimate of drug-likeness (QED) is 0.156. The van der Waals surface area contributed by atoms with E-state index in [1.807, 2.05) is 49.4 Å².